The van der Waals surface area contributed by atoms with Crippen LogP contribution in [0.2, 0.25) is 0 Å². The first-order valence-electron chi connectivity index (χ1n) is 7.32. The normalized spacial score (nSPS) is 10.1. The monoisotopic (exact) mass is 299 g/mol. The second-order valence-corrected chi connectivity index (χ2v) is 5.32. The highest BCUT2D eigenvalue weighted by molar-refractivity contribution is 7.80. The van der Waals surface area contributed by atoms with Crippen LogP contribution in [-0.2, 0) is 6.42 Å². The van der Waals surface area contributed by atoms with E-state index in [4.69, 9.17) is 12.2 Å². The number of aromatic nitrogens is 1. The van der Waals surface area contributed by atoms with E-state index < -0.39 is 0 Å². The Morgan fingerprint density at radius 1 is 1.10 bits per heavy atom. The van der Waals surface area contributed by atoms with Gasteiger partial charge in [0, 0.05) is 18.7 Å². The van der Waals surface area contributed by atoms with Gasteiger partial charge in [-0.25, -0.2) is 4.98 Å². The lowest BCUT2D eigenvalue weighted by Gasteiger charge is -2.10. The van der Waals surface area contributed by atoms with Gasteiger partial charge < -0.3 is 10.6 Å². The van der Waals surface area contributed by atoms with Gasteiger partial charge in [0.1, 0.15) is 5.82 Å². The Morgan fingerprint density at radius 3 is 2.67 bits per heavy atom. The molecule has 0 radical (unpaired) electrons. The van der Waals surface area contributed by atoms with Crippen molar-refractivity contribution in [1.82, 2.24) is 10.3 Å². The van der Waals surface area contributed by atoms with Crippen molar-refractivity contribution in [3.63, 3.8) is 0 Å². The zero-order chi connectivity index (χ0) is 14.9. The van der Waals surface area contributed by atoms with Gasteiger partial charge in [0.15, 0.2) is 5.11 Å². The maximum absolute atomic E-state index is 5.26. The molecule has 0 aliphatic carbocycles. The van der Waals surface area contributed by atoms with Crippen LogP contribution >= 0.6 is 12.2 Å². The summed E-state index contributed by atoms with van der Waals surface area (Å²) in [5.74, 6) is 0.789. The molecule has 0 atom stereocenters. The maximum atomic E-state index is 5.26. The van der Waals surface area contributed by atoms with Gasteiger partial charge in [-0.2, -0.15) is 0 Å². The third kappa shape index (κ3) is 5.52. The predicted octanol–water partition coefficient (Wildman–Crippen LogP) is 3.76. The number of thiocarbonyl (C=S) groups is 1. The lowest BCUT2D eigenvalue weighted by atomic mass is 10.1. The Hall–Kier alpha value is -1.94. The molecule has 3 nitrogen and oxygen atoms in total. The summed E-state index contributed by atoms with van der Waals surface area (Å²) >= 11 is 5.26. The smallest absolute Gasteiger partial charge is 0.171 e. The minimum Gasteiger partial charge on any atom is -0.362 e. The molecule has 0 unspecified atom stereocenters. The first-order chi connectivity index (χ1) is 10.3. The minimum absolute atomic E-state index is 0.632. The molecule has 0 aliphatic rings. The summed E-state index contributed by atoms with van der Waals surface area (Å²) in [7, 11) is 0. The minimum atomic E-state index is 0.632. The van der Waals surface area contributed by atoms with Crippen molar-refractivity contribution in [2.45, 2.75) is 26.2 Å². The van der Waals surface area contributed by atoms with E-state index in [-0.39, 0.29) is 0 Å². The molecule has 4 heteroatoms. The lowest BCUT2D eigenvalue weighted by Crippen LogP contribution is -2.29. The molecule has 0 aliphatic heterocycles. The summed E-state index contributed by atoms with van der Waals surface area (Å²) < 4.78 is 0. The predicted molar refractivity (Wildman–Crippen MR) is 92.6 cm³/mol. The lowest BCUT2D eigenvalue weighted by molar-refractivity contribution is 0.758. The number of hydrogen-bond acceptors (Lipinski definition) is 2. The van der Waals surface area contributed by atoms with Crippen molar-refractivity contribution in [2.24, 2.45) is 0 Å². The number of nitrogens with one attached hydrogen (secondary N) is 2. The van der Waals surface area contributed by atoms with Gasteiger partial charge in [-0.3, -0.25) is 0 Å². The summed E-state index contributed by atoms with van der Waals surface area (Å²) in [6, 6.07) is 16.3. The standard InChI is InChI=1S/C17H21N3S/c1-2-3-12-18-17(21)20-16-11-7-10-15(19-16)13-14-8-5-4-6-9-14/h4-11H,2-3,12-13H2,1H3,(H2,18,19,20,21). The van der Waals surface area contributed by atoms with E-state index in [1.165, 1.54) is 5.56 Å². The summed E-state index contributed by atoms with van der Waals surface area (Å²) in [6.07, 6.45) is 3.09. The largest absolute Gasteiger partial charge is 0.362 e. The van der Waals surface area contributed by atoms with Gasteiger partial charge in [0.05, 0.1) is 0 Å². The molecule has 0 fully saturated rings. The number of anilines is 1. The van der Waals surface area contributed by atoms with E-state index in [0.29, 0.717) is 5.11 Å². The van der Waals surface area contributed by atoms with Crippen LogP contribution in [-0.4, -0.2) is 16.6 Å². The Labute approximate surface area is 131 Å². The molecule has 0 saturated heterocycles. The molecule has 0 amide bonds. The molecular formula is C17H21N3S. The van der Waals surface area contributed by atoms with Gasteiger partial charge in [-0.1, -0.05) is 49.7 Å². The van der Waals surface area contributed by atoms with Crippen LogP contribution in [0.25, 0.3) is 0 Å². The molecule has 21 heavy (non-hydrogen) atoms. The first kappa shape index (κ1) is 15.4. The van der Waals surface area contributed by atoms with Crippen molar-refractivity contribution in [2.75, 3.05) is 11.9 Å². The first-order valence-corrected chi connectivity index (χ1v) is 7.73. The number of hydrogen-bond donors (Lipinski definition) is 2. The Morgan fingerprint density at radius 2 is 1.90 bits per heavy atom. The van der Waals surface area contributed by atoms with Crippen LogP contribution in [0.15, 0.2) is 48.5 Å². The molecule has 2 aromatic rings. The fraction of sp³-hybridized carbons (Fsp3) is 0.294. The Bertz CT molecular complexity index is 569. The average Bonchev–Trinajstić information content (AvgIpc) is 2.49. The molecule has 1 aromatic heterocycles. The van der Waals surface area contributed by atoms with Crippen LogP contribution in [0.4, 0.5) is 5.82 Å². The van der Waals surface area contributed by atoms with Gasteiger partial charge in [-0.05, 0) is 36.3 Å². The van der Waals surface area contributed by atoms with E-state index in [1.807, 2.05) is 36.4 Å². The van der Waals surface area contributed by atoms with Gasteiger partial charge in [-0.15, -0.1) is 0 Å². The zero-order valence-corrected chi connectivity index (χ0v) is 13.1. The zero-order valence-electron chi connectivity index (χ0n) is 12.3. The van der Waals surface area contributed by atoms with Crippen molar-refractivity contribution in [3.05, 3.63) is 59.8 Å². The molecule has 0 saturated carbocycles. The topological polar surface area (TPSA) is 37.0 Å². The third-order valence-electron chi connectivity index (χ3n) is 3.09. The number of rotatable bonds is 6. The van der Waals surface area contributed by atoms with E-state index in [1.54, 1.807) is 0 Å². The maximum Gasteiger partial charge on any atom is 0.171 e. The van der Waals surface area contributed by atoms with Crippen LogP contribution < -0.4 is 10.6 Å². The molecule has 2 N–H and O–H groups in total. The van der Waals surface area contributed by atoms with Crippen LogP contribution in [0.5, 0.6) is 0 Å². The summed E-state index contributed by atoms with van der Waals surface area (Å²) in [5.41, 5.74) is 2.29. The van der Waals surface area contributed by atoms with Gasteiger partial charge in [0.2, 0.25) is 0 Å². The quantitative estimate of drug-likeness (QED) is 0.629. The fourth-order valence-electron chi connectivity index (χ4n) is 1.99. The molecule has 2 rings (SSSR count). The molecule has 1 aromatic carbocycles. The summed E-state index contributed by atoms with van der Waals surface area (Å²) in [5, 5.41) is 6.95. The van der Waals surface area contributed by atoms with E-state index >= 15 is 0 Å². The molecule has 110 valence electrons. The molecular weight excluding hydrogens is 278 g/mol. The van der Waals surface area contributed by atoms with Crippen LogP contribution in [0.3, 0.4) is 0 Å². The van der Waals surface area contributed by atoms with Gasteiger partial charge >= 0.3 is 0 Å². The fourth-order valence-corrected chi connectivity index (χ4v) is 2.20. The number of unbranched alkanes of at least 4 members (excludes halogenated alkanes) is 1. The molecule has 0 bridgehead atoms. The second kappa shape index (κ2) is 8.37. The van der Waals surface area contributed by atoms with Crippen LogP contribution in [0, 0.1) is 0 Å². The summed E-state index contributed by atoms with van der Waals surface area (Å²) in [4.78, 5) is 4.60. The van der Waals surface area contributed by atoms with Crippen molar-refractivity contribution in [3.8, 4) is 0 Å². The number of pyridine rings is 1. The van der Waals surface area contributed by atoms with Crippen LogP contribution in [0.1, 0.15) is 31.0 Å². The highest BCUT2D eigenvalue weighted by atomic mass is 32.1. The third-order valence-corrected chi connectivity index (χ3v) is 3.34. The van der Waals surface area contributed by atoms with Crippen molar-refractivity contribution < 1.29 is 0 Å². The molecule has 0 spiro atoms. The van der Waals surface area contributed by atoms with Gasteiger partial charge in [0.25, 0.3) is 0 Å². The average molecular weight is 299 g/mol. The Balaban J connectivity index is 1.93. The van der Waals surface area contributed by atoms with E-state index in [9.17, 15) is 0 Å². The van der Waals surface area contributed by atoms with E-state index in [2.05, 4.69) is 34.7 Å². The number of benzene rings is 1. The highest BCUT2D eigenvalue weighted by Crippen LogP contribution is 2.10. The summed E-state index contributed by atoms with van der Waals surface area (Å²) in [6.45, 7) is 3.05. The second-order valence-electron chi connectivity index (χ2n) is 4.91. The molecule has 1 heterocycles. The van der Waals surface area contributed by atoms with E-state index in [0.717, 1.165) is 37.3 Å². The Kier molecular flexibility index (Phi) is 6.16. The number of nitrogens with zero attached hydrogens (tertiary/aromatic N) is 1. The highest BCUT2D eigenvalue weighted by Gasteiger charge is 2.01. The SMILES string of the molecule is CCCCNC(=S)Nc1cccc(Cc2ccccc2)n1. The van der Waals surface area contributed by atoms with Crippen molar-refractivity contribution >= 4 is 23.1 Å². The van der Waals surface area contributed by atoms with Crippen molar-refractivity contribution in [1.29, 1.82) is 0 Å².